The van der Waals surface area contributed by atoms with Gasteiger partial charge in [-0.25, -0.2) is 4.39 Å². The van der Waals surface area contributed by atoms with E-state index in [0.717, 1.165) is 44.1 Å². The van der Waals surface area contributed by atoms with Crippen molar-refractivity contribution < 1.29 is 23.9 Å². The maximum absolute atomic E-state index is 13.8. The number of carbonyl (C=O) groups is 3. The Morgan fingerprint density at radius 1 is 1.05 bits per heavy atom. The molecular weight excluding hydrogens is 535 g/mol. The number of anilines is 2. The van der Waals surface area contributed by atoms with Gasteiger partial charge in [0.2, 0.25) is 17.7 Å². The van der Waals surface area contributed by atoms with Gasteiger partial charge in [0.25, 0.3) is 0 Å². The second kappa shape index (κ2) is 12.9. The first-order valence-electron chi connectivity index (χ1n) is 15.4. The second-order valence-corrected chi connectivity index (χ2v) is 12.1. The number of rotatable bonds is 9. The van der Waals surface area contributed by atoms with E-state index in [-0.39, 0.29) is 29.5 Å². The zero-order chi connectivity index (χ0) is 29.9. The van der Waals surface area contributed by atoms with Crippen molar-refractivity contribution >= 4 is 29.1 Å². The number of halogens is 1. The molecule has 3 amide bonds. The van der Waals surface area contributed by atoms with Crippen molar-refractivity contribution in [1.29, 1.82) is 0 Å². The van der Waals surface area contributed by atoms with E-state index in [2.05, 4.69) is 17.1 Å². The summed E-state index contributed by atoms with van der Waals surface area (Å²) in [6, 6.07) is 12.7. The second-order valence-electron chi connectivity index (χ2n) is 12.1. The smallest absolute Gasteiger partial charge is 0.248 e. The average molecular weight is 579 g/mol. The first-order chi connectivity index (χ1) is 20.2. The van der Waals surface area contributed by atoms with Crippen LogP contribution in [-0.2, 0) is 20.9 Å². The molecule has 2 aliphatic heterocycles. The van der Waals surface area contributed by atoms with E-state index >= 15 is 0 Å². The van der Waals surface area contributed by atoms with Crippen LogP contribution in [0.4, 0.5) is 15.8 Å². The van der Waals surface area contributed by atoms with Crippen LogP contribution in [0.2, 0.25) is 0 Å². The Hall–Kier alpha value is -3.30. The number of nitrogens with zero attached hydrogens (tertiary/aromatic N) is 3. The van der Waals surface area contributed by atoms with Crippen molar-refractivity contribution in [2.24, 2.45) is 5.92 Å². The zero-order valence-corrected chi connectivity index (χ0v) is 24.7. The molecule has 3 fully saturated rings. The molecule has 2 saturated heterocycles. The Balaban J connectivity index is 1.25. The number of unbranched alkanes of at least 4 members (excludes halogenated alkanes) is 1. The molecule has 5 rings (SSSR count). The topological polar surface area (TPSA) is 93.2 Å². The van der Waals surface area contributed by atoms with E-state index in [4.69, 9.17) is 0 Å². The van der Waals surface area contributed by atoms with Crippen LogP contribution in [0, 0.1) is 11.7 Å². The third-order valence-electron chi connectivity index (χ3n) is 9.40. The van der Waals surface area contributed by atoms with Crippen LogP contribution in [-0.4, -0.2) is 69.9 Å². The molecule has 1 saturated carbocycles. The fraction of sp³-hybridized carbons (Fsp3) is 0.545. The molecule has 2 atom stereocenters. The third kappa shape index (κ3) is 6.08. The van der Waals surface area contributed by atoms with Crippen molar-refractivity contribution in [1.82, 2.24) is 15.1 Å². The Morgan fingerprint density at radius 3 is 2.21 bits per heavy atom. The summed E-state index contributed by atoms with van der Waals surface area (Å²) < 4.78 is 13.4. The first-order valence-corrected chi connectivity index (χ1v) is 15.4. The molecule has 1 aliphatic carbocycles. The lowest BCUT2D eigenvalue weighted by atomic mass is 9.80. The standard InChI is InChI=1S/C33H43FN4O4/c1-3-4-19-37-31(41)29(30(40)25-7-5-6-8-25)35-32(42)33(37)17-20-36(21-18-33)22-24-9-13-27(14-10-24)38(23(2)39)28-15-11-26(34)12-16-28/h9-16,25,29-30,40H,3-8,17-22H2,1-2H3,(H,35,42)/t29-,30-/m1/s1. The van der Waals surface area contributed by atoms with Crippen LogP contribution < -0.4 is 10.2 Å². The summed E-state index contributed by atoms with van der Waals surface area (Å²) in [5.74, 6) is -0.725. The fourth-order valence-electron chi connectivity index (χ4n) is 6.97. The molecule has 2 aromatic rings. The minimum Gasteiger partial charge on any atom is -0.390 e. The molecular formula is C33H43FN4O4. The zero-order valence-electron chi connectivity index (χ0n) is 24.7. The van der Waals surface area contributed by atoms with Crippen LogP contribution in [0.5, 0.6) is 0 Å². The highest BCUT2D eigenvalue weighted by molar-refractivity contribution is 6.00. The summed E-state index contributed by atoms with van der Waals surface area (Å²) in [6.45, 7) is 6.09. The molecule has 8 nitrogen and oxygen atoms in total. The Labute approximate surface area is 247 Å². The number of piperazine rings is 1. The van der Waals surface area contributed by atoms with Gasteiger partial charge in [0.05, 0.1) is 6.10 Å². The summed E-state index contributed by atoms with van der Waals surface area (Å²) in [5, 5.41) is 14.0. The average Bonchev–Trinajstić information content (AvgIpc) is 3.53. The van der Waals surface area contributed by atoms with Crippen molar-refractivity contribution in [2.45, 2.75) is 89.4 Å². The minimum absolute atomic E-state index is 0.0628. The Bertz CT molecular complexity index is 1250. The normalized spacial score (nSPS) is 21.9. The van der Waals surface area contributed by atoms with Gasteiger partial charge < -0.3 is 15.3 Å². The lowest BCUT2D eigenvalue weighted by Crippen LogP contribution is -2.75. The van der Waals surface area contributed by atoms with Crippen LogP contribution >= 0.6 is 0 Å². The molecule has 2 heterocycles. The number of amides is 3. The molecule has 2 aromatic carbocycles. The van der Waals surface area contributed by atoms with Crippen molar-refractivity contribution in [3.05, 3.63) is 59.9 Å². The monoisotopic (exact) mass is 578 g/mol. The molecule has 2 N–H and O–H groups in total. The summed E-state index contributed by atoms with van der Waals surface area (Å²) in [7, 11) is 0. The number of likely N-dealkylation sites (tertiary alicyclic amines) is 1. The molecule has 1 spiro atoms. The van der Waals surface area contributed by atoms with Gasteiger partial charge >= 0.3 is 0 Å². The highest BCUT2D eigenvalue weighted by Gasteiger charge is 2.55. The maximum Gasteiger partial charge on any atom is 0.248 e. The molecule has 3 aliphatic rings. The number of aliphatic hydroxyl groups excluding tert-OH is 1. The highest BCUT2D eigenvalue weighted by Crippen LogP contribution is 2.37. The number of hydrogen-bond acceptors (Lipinski definition) is 5. The first kappa shape index (κ1) is 30.2. The maximum atomic E-state index is 13.8. The van der Waals surface area contributed by atoms with Crippen molar-refractivity contribution in [3.8, 4) is 0 Å². The third-order valence-corrected chi connectivity index (χ3v) is 9.40. The predicted molar refractivity (Wildman–Crippen MR) is 159 cm³/mol. The van der Waals surface area contributed by atoms with Gasteiger partial charge in [-0.1, -0.05) is 38.3 Å². The number of carbonyl (C=O) groups excluding carboxylic acids is 3. The van der Waals surface area contributed by atoms with E-state index in [1.54, 1.807) is 21.9 Å². The van der Waals surface area contributed by atoms with E-state index in [1.165, 1.54) is 19.1 Å². The van der Waals surface area contributed by atoms with E-state index in [1.807, 2.05) is 24.3 Å². The van der Waals surface area contributed by atoms with E-state index in [9.17, 15) is 23.9 Å². The minimum atomic E-state index is -0.879. The van der Waals surface area contributed by atoms with Gasteiger partial charge in [-0.05, 0) is 80.0 Å². The lowest BCUT2D eigenvalue weighted by molar-refractivity contribution is -0.165. The molecule has 0 aromatic heterocycles. The summed E-state index contributed by atoms with van der Waals surface area (Å²) in [6.07, 6.45) is 5.90. The molecule has 9 heteroatoms. The van der Waals surface area contributed by atoms with Gasteiger partial charge in [0.1, 0.15) is 17.4 Å². The largest absolute Gasteiger partial charge is 0.390 e. The van der Waals surface area contributed by atoms with Crippen molar-refractivity contribution in [3.63, 3.8) is 0 Å². The fourth-order valence-corrected chi connectivity index (χ4v) is 6.97. The highest BCUT2D eigenvalue weighted by atomic mass is 19.1. The van der Waals surface area contributed by atoms with Gasteiger partial charge in [0.15, 0.2) is 0 Å². The molecule has 0 unspecified atom stereocenters. The molecule has 226 valence electrons. The summed E-state index contributed by atoms with van der Waals surface area (Å²) >= 11 is 0. The molecule has 0 bridgehead atoms. The van der Waals surface area contributed by atoms with Crippen molar-refractivity contribution in [2.75, 3.05) is 24.5 Å². The molecule has 42 heavy (non-hydrogen) atoms. The Kier molecular flexibility index (Phi) is 9.28. The molecule has 0 radical (unpaired) electrons. The van der Waals surface area contributed by atoms with Gasteiger partial charge in [0, 0.05) is 44.5 Å². The Morgan fingerprint density at radius 2 is 1.64 bits per heavy atom. The number of nitrogens with one attached hydrogen (secondary N) is 1. The number of benzene rings is 2. The quantitative estimate of drug-likeness (QED) is 0.457. The SMILES string of the molecule is CCCCN1C(=O)[C@@H]([C@H](O)C2CCCC2)NC(=O)C12CCN(Cc1ccc(N(C(C)=O)c3ccc(F)cc3)cc1)CC2. The van der Waals surface area contributed by atoms with Crippen LogP contribution in [0.3, 0.4) is 0 Å². The van der Waals surface area contributed by atoms with Gasteiger partial charge in [-0.15, -0.1) is 0 Å². The van der Waals surface area contributed by atoms with Gasteiger partial charge in [-0.2, -0.15) is 0 Å². The van der Waals surface area contributed by atoms with Gasteiger partial charge in [-0.3, -0.25) is 24.2 Å². The van der Waals surface area contributed by atoms with E-state index in [0.29, 0.717) is 50.4 Å². The number of aliphatic hydroxyl groups is 1. The summed E-state index contributed by atoms with van der Waals surface area (Å²) in [4.78, 5) is 45.5. The van der Waals surface area contributed by atoms with Crippen LogP contribution in [0.1, 0.15) is 70.8 Å². The lowest BCUT2D eigenvalue weighted by Gasteiger charge is -2.52. The van der Waals surface area contributed by atoms with Crippen LogP contribution in [0.15, 0.2) is 48.5 Å². The predicted octanol–water partition coefficient (Wildman–Crippen LogP) is 4.52. The van der Waals surface area contributed by atoms with E-state index < -0.39 is 17.7 Å². The number of piperidine rings is 1. The summed E-state index contributed by atoms with van der Waals surface area (Å²) in [5.41, 5.74) is 1.50. The van der Waals surface area contributed by atoms with Crippen LogP contribution in [0.25, 0.3) is 0 Å². The number of hydrogen-bond donors (Lipinski definition) is 2.